The normalized spacial score (nSPS) is 14.0. The topological polar surface area (TPSA) is 121 Å². The molecule has 39 heavy (non-hydrogen) atoms. The molecule has 2 unspecified atom stereocenters. The van der Waals surface area contributed by atoms with Crippen LogP contribution in [-0.4, -0.2) is 30.6 Å². The summed E-state index contributed by atoms with van der Waals surface area (Å²) in [5.41, 5.74) is 2.60. The summed E-state index contributed by atoms with van der Waals surface area (Å²) in [7, 11) is 0. The smallest absolute Gasteiger partial charge is 0.126 e. The largest absolute Gasteiger partial charge is 0.508 e. The van der Waals surface area contributed by atoms with Gasteiger partial charge in [-0.15, -0.1) is 0 Å². The van der Waals surface area contributed by atoms with Gasteiger partial charge in [-0.2, -0.15) is 0 Å². The van der Waals surface area contributed by atoms with Gasteiger partial charge in [0.1, 0.15) is 34.5 Å². The minimum Gasteiger partial charge on any atom is -0.508 e. The van der Waals surface area contributed by atoms with E-state index in [0.717, 1.165) is 16.7 Å². The van der Waals surface area contributed by atoms with Crippen molar-refractivity contribution in [1.29, 1.82) is 0 Å². The van der Waals surface area contributed by atoms with E-state index < -0.39 is 5.41 Å². The third kappa shape index (κ3) is 6.40. The summed E-state index contributed by atoms with van der Waals surface area (Å²) in [5.74, 6) is -0.271. The number of hydrogen-bond donors (Lipinski definition) is 6. The number of phenolic OH excluding ortho intramolecular Hbond substituents is 6. The van der Waals surface area contributed by atoms with Crippen molar-refractivity contribution in [3.05, 3.63) is 107 Å². The first-order chi connectivity index (χ1) is 18.4. The van der Waals surface area contributed by atoms with Gasteiger partial charge in [0.05, 0.1) is 0 Å². The van der Waals surface area contributed by atoms with Crippen molar-refractivity contribution in [2.75, 3.05) is 0 Å². The Morgan fingerprint density at radius 1 is 0.564 bits per heavy atom. The van der Waals surface area contributed by atoms with Gasteiger partial charge in [-0.3, -0.25) is 0 Å². The third-order valence-electron chi connectivity index (χ3n) is 7.74. The van der Waals surface area contributed by atoms with Crippen LogP contribution in [0.5, 0.6) is 34.5 Å². The molecule has 0 aliphatic heterocycles. The van der Waals surface area contributed by atoms with Crippen LogP contribution in [0.4, 0.5) is 0 Å². The van der Waals surface area contributed by atoms with Crippen LogP contribution in [0.15, 0.2) is 84.9 Å². The van der Waals surface area contributed by atoms with Crippen molar-refractivity contribution in [3.63, 3.8) is 0 Å². The van der Waals surface area contributed by atoms with Crippen LogP contribution in [-0.2, 0) is 17.3 Å². The Kier molecular flexibility index (Phi) is 7.68. The molecule has 6 heteroatoms. The first-order valence-electron chi connectivity index (χ1n) is 13.0. The molecule has 6 nitrogen and oxygen atoms in total. The molecule has 0 bridgehead atoms. The maximum Gasteiger partial charge on any atom is 0.126 e. The van der Waals surface area contributed by atoms with Crippen molar-refractivity contribution in [3.8, 4) is 34.5 Å². The van der Waals surface area contributed by atoms with Crippen molar-refractivity contribution in [1.82, 2.24) is 0 Å². The van der Waals surface area contributed by atoms with E-state index in [0.29, 0.717) is 18.4 Å². The van der Waals surface area contributed by atoms with Crippen LogP contribution in [0.1, 0.15) is 61.8 Å². The number of hydrogen-bond acceptors (Lipinski definition) is 6. The summed E-state index contributed by atoms with van der Waals surface area (Å²) < 4.78 is 0. The second-order valence-electron chi connectivity index (χ2n) is 11.4. The highest BCUT2D eigenvalue weighted by atomic mass is 16.3. The zero-order chi connectivity index (χ0) is 28.4. The Bertz CT molecular complexity index is 1390. The lowest BCUT2D eigenvalue weighted by Crippen LogP contribution is -2.34. The van der Waals surface area contributed by atoms with E-state index in [1.165, 1.54) is 12.1 Å². The zero-order valence-electron chi connectivity index (χ0n) is 22.5. The van der Waals surface area contributed by atoms with Crippen molar-refractivity contribution in [2.24, 2.45) is 0 Å². The summed E-state index contributed by atoms with van der Waals surface area (Å²) in [6.07, 6.45) is 1.59. The predicted octanol–water partition coefficient (Wildman–Crippen LogP) is 6.96. The first kappa shape index (κ1) is 27.7. The van der Waals surface area contributed by atoms with Gasteiger partial charge in [-0.25, -0.2) is 0 Å². The average Bonchev–Trinajstić information content (AvgIpc) is 2.86. The lowest BCUT2D eigenvalue weighted by molar-refractivity contribution is 0.286. The molecular weight excluding hydrogens is 492 g/mol. The Morgan fingerprint density at radius 3 is 1.49 bits per heavy atom. The van der Waals surface area contributed by atoms with Crippen molar-refractivity contribution >= 4 is 0 Å². The van der Waals surface area contributed by atoms with Crippen molar-refractivity contribution in [2.45, 2.75) is 56.8 Å². The quantitative estimate of drug-likeness (QED) is 0.140. The van der Waals surface area contributed by atoms with Gasteiger partial charge >= 0.3 is 0 Å². The molecule has 4 aromatic rings. The van der Waals surface area contributed by atoms with Crippen LogP contribution >= 0.6 is 0 Å². The fraction of sp³-hybridized carbons (Fsp3) is 0.273. The van der Waals surface area contributed by atoms with Crippen LogP contribution < -0.4 is 0 Å². The molecule has 0 aromatic heterocycles. The molecule has 204 valence electrons. The van der Waals surface area contributed by atoms with Gasteiger partial charge in [0.2, 0.25) is 0 Å². The minimum atomic E-state index is -0.445. The van der Waals surface area contributed by atoms with Crippen LogP contribution in [0.25, 0.3) is 0 Å². The molecule has 0 fully saturated rings. The van der Waals surface area contributed by atoms with Gasteiger partial charge in [0, 0.05) is 17.7 Å². The second-order valence-corrected chi connectivity index (χ2v) is 11.4. The zero-order valence-corrected chi connectivity index (χ0v) is 22.5. The maximum atomic E-state index is 10.6. The van der Waals surface area contributed by atoms with Crippen LogP contribution in [0.2, 0.25) is 0 Å². The Hall–Kier alpha value is -4.32. The maximum absolute atomic E-state index is 10.6. The molecule has 0 amide bonds. The van der Waals surface area contributed by atoms with E-state index in [4.69, 9.17) is 0 Å². The van der Waals surface area contributed by atoms with E-state index in [1.807, 2.05) is 36.4 Å². The lowest BCUT2D eigenvalue weighted by Gasteiger charge is -2.41. The lowest BCUT2D eigenvalue weighted by atomic mass is 9.63. The standard InChI is InChI=1S/C33H36O6/c1-32(2,23-6-12-26(35)13-7-23)20-33(3,24-8-14-27(36)15-9-24)19-22(21-4-10-25(34)11-5-21)16-29-30(38)17-28(37)18-31(29)39/h4-15,17-18,22,34-39H,16,19-20H2,1-3H3. The molecule has 0 spiro atoms. The molecule has 0 aliphatic rings. The third-order valence-corrected chi connectivity index (χ3v) is 7.74. The van der Waals surface area contributed by atoms with Gasteiger partial charge in [-0.1, -0.05) is 57.2 Å². The molecule has 0 saturated heterocycles. The summed E-state index contributed by atoms with van der Waals surface area (Å²) in [5, 5.41) is 60.8. The number of phenols is 6. The Balaban J connectivity index is 1.80. The van der Waals surface area contributed by atoms with Crippen LogP contribution in [0, 0.1) is 0 Å². The van der Waals surface area contributed by atoms with E-state index in [9.17, 15) is 30.6 Å². The molecular formula is C33H36O6. The van der Waals surface area contributed by atoms with E-state index in [1.54, 1.807) is 36.4 Å². The molecule has 4 aromatic carbocycles. The average molecular weight is 529 g/mol. The Morgan fingerprint density at radius 2 is 1.00 bits per heavy atom. The predicted molar refractivity (Wildman–Crippen MR) is 152 cm³/mol. The molecule has 0 radical (unpaired) electrons. The van der Waals surface area contributed by atoms with Gasteiger partial charge in [0.15, 0.2) is 0 Å². The monoisotopic (exact) mass is 528 g/mol. The van der Waals surface area contributed by atoms with Gasteiger partial charge in [0.25, 0.3) is 0 Å². The molecule has 0 aliphatic carbocycles. The van der Waals surface area contributed by atoms with E-state index in [-0.39, 0.29) is 52.3 Å². The molecule has 2 atom stereocenters. The summed E-state index contributed by atoms with van der Waals surface area (Å²) in [6.45, 7) is 6.49. The summed E-state index contributed by atoms with van der Waals surface area (Å²) >= 11 is 0. The second kappa shape index (κ2) is 10.8. The number of aromatic hydroxyl groups is 6. The molecule has 4 rings (SSSR count). The number of benzene rings is 4. The summed E-state index contributed by atoms with van der Waals surface area (Å²) in [6, 6.07) is 23.8. The fourth-order valence-electron chi connectivity index (χ4n) is 5.83. The Labute approximate surface area is 229 Å². The highest BCUT2D eigenvalue weighted by Crippen LogP contribution is 2.47. The highest BCUT2D eigenvalue weighted by molar-refractivity contribution is 5.50. The van der Waals surface area contributed by atoms with E-state index in [2.05, 4.69) is 20.8 Å². The fourth-order valence-corrected chi connectivity index (χ4v) is 5.83. The minimum absolute atomic E-state index is 0.141. The molecule has 0 saturated carbocycles. The SMILES string of the molecule is CC(C)(CC(C)(CC(Cc1c(O)cc(O)cc1O)c1ccc(O)cc1)c1ccc(O)cc1)c1ccc(O)cc1. The molecule has 6 N–H and O–H groups in total. The summed E-state index contributed by atoms with van der Waals surface area (Å²) in [4.78, 5) is 0. The highest BCUT2D eigenvalue weighted by Gasteiger charge is 2.38. The first-order valence-corrected chi connectivity index (χ1v) is 13.0. The van der Waals surface area contributed by atoms with Crippen molar-refractivity contribution < 1.29 is 30.6 Å². The number of rotatable bonds is 9. The van der Waals surface area contributed by atoms with Gasteiger partial charge < -0.3 is 30.6 Å². The van der Waals surface area contributed by atoms with E-state index >= 15 is 0 Å². The molecule has 0 heterocycles. The van der Waals surface area contributed by atoms with Crippen LogP contribution in [0.3, 0.4) is 0 Å². The van der Waals surface area contributed by atoms with Gasteiger partial charge in [-0.05, 0) is 89.1 Å².